The average Bonchev–Trinajstić information content (AvgIpc) is 2.49. The largest absolute Gasteiger partial charge is 0.366 e. The van der Waals surface area contributed by atoms with Crippen molar-refractivity contribution in [3.8, 4) is 6.07 Å². The molecule has 106 valence electrons. The minimum Gasteiger partial charge on any atom is -0.366 e. The lowest BCUT2D eigenvalue weighted by atomic mass is 10.1. The summed E-state index contributed by atoms with van der Waals surface area (Å²) in [6, 6.07) is 13.3. The summed E-state index contributed by atoms with van der Waals surface area (Å²) in [5.41, 5.74) is 7.46. The topological polar surface area (TPSA) is 78.9 Å². The average molecular weight is 283 g/mol. The van der Waals surface area contributed by atoms with E-state index in [2.05, 4.69) is 5.32 Å². The Balaban J connectivity index is 1.97. The van der Waals surface area contributed by atoms with Crippen molar-refractivity contribution >= 4 is 5.91 Å². The number of hydrogen-bond donors (Lipinski definition) is 2. The van der Waals surface area contributed by atoms with Crippen LogP contribution in [0.15, 0.2) is 42.5 Å². The van der Waals surface area contributed by atoms with Gasteiger partial charge < -0.3 is 11.1 Å². The molecule has 0 aliphatic rings. The van der Waals surface area contributed by atoms with Crippen LogP contribution in [0.2, 0.25) is 0 Å². The van der Waals surface area contributed by atoms with Crippen LogP contribution in [0.5, 0.6) is 0 Å². The molecule has 0 heterocycles. The third-order valence-corrected chi connectivity index (χ3v) is 3.02. The lowest BCUT2D eigenvalue weighted by Crippen LogP contribution is -2.15. The molecule has 21 heavy (non-hydrogen) atoms. The monoisotopic (exact) mass is 283 g/mol. The van der Waals surface area contributed by atoms with Crippen LogP contribution < -0.4 is 11.1 Å². The van der Waals surface area contributed by atoms with Crippen molar-refractivity contribution in [3.63, 3.8) is 0 Å². The fourth-order valence-electron chi connectivity index (χ4n) is 1.95. The second kappa shape index (κ2) is 6.64. The molecule has 5 heteroatoms. The minimum atomic E-state index is -0.518. The Morgan fingerprint density at radius 1 is 1.19 bits per heavy atom. The van der Waals surface area contributed by atoms with Crippen LogP contribution in [0, 0.1) is 17.1 Å². The molecule has 0 bridgehead atoms. The second-order valence-electron chi connectivity index (χ2n) is 4.59. The van der Waals surface area contributed by atoms with E-state index < -0.39 is 11.7 Å². The standard InChI is InChI=1S/C16H14FN3O/c17-15-5-4-12(7-14(15)8-18)10-20-9-11-2-1-3-13(6-11)16(19)21/h1-7,20H,9-10H2,(H2,19,21). The molecule has 0 fully saturated rings. The molecule has 3 N–H and O–H groups in total. The van der Waals surface area contributed by atoms with E-state index in [-0.39, 0.29) is 5.56 Å². The van der Waals surface area contributed by atoms with E-state index >= 15 is 0 Å². The van der Waals surface area contributed by atoms with Crippen LogP contribution in [0.1, 0.15) is 27.0 Å². The minimum absolute atomic E-state index is 0.0324. The number of amides is 1. The number of rotatable bonds is 5. The van der Waals surface area contributed by atoms with Crippen molar-refractivity contribution in [1.82, 2.24) is 5.32 Å². The molecular formula is C16H14FN3O. The number of halogens is 1. The van der Waals surface area contributed by atoms with Gasteiger partial charge in [-0.05, 0) is 35.4 Å². The lowest BCUT2D eigenvalue weighted by molar-refractivity contribution is 0.1000. The predicted molar refractivity (Wildman–Crippen MR) is 76.6 cm³/mol. The first kappa shape index (κ1) is 14.7. The summed E-state index contributed by atoms with van der Waals surface area (Å²) in [6.45, 7) is 1.04. The molecule has 0 aromatic heterocycles. The second-order valence-corrected chi connectivity index (χ2v) is 4.59. The SMILES string of the molecule is N#Cc1cc(CNCc2cccc(C(N)=O)c2)ccc1F. The van der Waals surface area contributed by atoms with Crippen molar-refractivity contribution in [2.75, 3.05) is 0 Å². The van der Waals surface area contributed by atoms with Gasteiger partial charge in [0.15, 0.2) is 0 Å². The third kappa shape index (κ3) is 3.88. The normalized spacial score (nSPS) is 10.1. The Morgan fingerprint density at radius 2 is 1.90 bits per heavy atom. The predicted octanol–water partition coefficient (Wildman–Crippen LogP) is 2.09. The Morgan fingerprint density at radius 3 is 2.57 bits per heavy atom. The highest BCUT2D eigenvalue weighted by molar-refractivity contribution is 5.92. The number of nitriles is 1. The zero-order valence-electron chi connectivity index (χ0n) is 11.3. The van der Waals surface area contributed by atoms with E-state index in [1.807, 2.05) is 12.1 Å². The summed E-state index contributed by atoms with van der Waals surface area (Å²) in [5, 5.41) is 11.9. The molecule has 0 saturated heterocycles. The summed E-state index contributed by atoms with van der Waals surface area (Å²) in [7, 11) is 0. The number of nitrogens with zero attached hydrogens (tertiary/aromatic N) is 1. The van der Waals surface area contributed by atoms with Crippen LogP contribution in [0.25, 0.3) is 0 Å². The number of carbonyl (C=O) groups is 1. The van der Waals surface area contributed by atoms with Gasteiger partial charge >= 0.3 is 0 Å². The summed E-state index contributed by atoms with van der Waals surface area (Å²) in [4.78, 5) is 11.1. The Hall–Kier alpha value is -2.71. The number of carbonyl (C=O) groups excluding carboxylic acids is 1. The molecule has 2 aromatic rings. The number of hydrogen-bond acceptors (Lipinski definition) is 3. The first-order valence-corrected chi connectivity index (χ1v) is 6.38. The van der Waals surface area contributed by atoms with Crippen LogP contribution in [-0.4, -0.2) is 5.91 Å². The molecule has 2 rings (SSSR count). The van der Waals surface area contributed by atoms with Gasteiger partial charge in [-0.15, -0.1) is 0 Å². The summed E-state index contributed by atoms with van der Waals surface area (Å²) in [6.07, 6.45) is 0. The fourth-order valence-corrected chi connectivity index (χ4v) is 1.95. The molecule has 0 aliphatic carbocycles. The zero-order valence-corrected chi connectivity index (χ0v) is 11.3. The molecule has 2 aromatic carbocycles. The smallest absolute Gasteiger partial charge is 0.248 e. The van der Waals surface area contributed by atoms with Gasteiger partial charge in [-0.1, -0.05) is 18.2 Å². The van der Waals surface area contributed by atoms with Gasteiger partial charge in [-0.2, -0.15) is 5.26 Å². The summed E-state index contributed by atoms with van der Waals surface area (Å²) < 4.78 is 13.2. The number of primary amides is 1. The van der Waals surface area contributed by atoms with E-state index in [9.17, 15) is 9.18 Å². The van der Waals surface area contributed by atoms with E-state index in [0.29, 0.717) is 18.7 Å². The molecule has 0 radical (unpaired) electrons. The first-order valence-electron chi connectivity index (χ1n) is 6.38. The van der Waals surface area contributed by atoms with Gasteiger partial charge in [0.05, 0.1) is 5.56 Å². The molecule has 0 saturated carbocycles. The number of benzene rings is 2. The maximum absolute atomic E-state index is 13.2. The maximum atomic E-state index is 13.2. The van der Waals surface area contributed by atoms with Crippen LogP contribution >= 0.6 is 0 Å². The van der Waals surface area contributed by atoms with Gasteiger partial charge in [-0.25, -0.2) is 4.39 Å². The van der Waals surface area contributed by atoms with Crippen molar-refractivity contribution in [2.45, 2.75) is 13.1 Å². The lowest BCUT2D eigenvalue weighted by Gasteiger charge is -2.07. The highest BCUT2D eigenvalue weighted by Gasteiger charge is 2.03. The highest BCUT2D eigenvalue weighted by Crippen LogP contribution is 2.10. The third-order valence-electron chi connectivity index (χ3n) is 3.02. The number of nitrogens with two attached hydrogens (primary N) is 1. The molecular weight excluding hydrogens is 269 g/mol. The summed E-state index contributed by atoms with van der Waals surface area (Å²) >= 11 is 0. The quantitative estimate of drug-likeness (QED) is 0.881. The van der Waals surface area contributed by atoms with Gasteiger partial charge in [-0.3, -0.25) is 4.79 Å². The Kier molecular flexibility index (Phi) is 4.64. The van der Waals surface area contributed by atoms with E-state index in [1.165, 1.54) is 12.1 Å². The maximum Gasteiger partial charge on any atom is 0.248 e. The van der Waals surface area contributed by atoms with Gasteiger partial charge in [0.25, 0.3) is 0 Å². The van der Waals surface area contributed by atoms with Crippen molar-refractivity contribution in [3.05, 3.63) is 70.5 Å². The molecule has 0 aliphatic heterocycles. The number of nitrogens with one attached hydrogen (secondary N) is 1. The van der Waals surface area contributed by atoms with Crippen LogP contribution in [0.4, 0.5) is 4.39 Å². The van der Waals surface area contributed by atoms with Crippen molar-refractivity contribution in [1.29, 1.82) is 5.26 Å². The van der Waals surface area contributed by atoms with Crippen molar-refractivity contribution < 1.29 is 9.18 Å². The van der Waals surface area contributed by atoms with Gasteiger partial charge in [0.2, 0.25) is 5.91 Å². The molecule has 0 atom stereocenters. The Bertz CT molecular complexity index is 707. The van der Waals surface area contributed by atoms with Gasteiger partial charge in [0, 0.05) is 18.7 Å². The Labute approximate surface area is 122 Å². The van der Waals surface area contributed by atoms with Crippen molar-refractivity contribution in [2.24, 2.45) is 5.73 Å². The molecule has 0 unspecified atom stereocenters. The van der Waals surface area contributed by atoms with Crippen LogP contribution in [0.3, 0.4) is 0 Å². The summed E-state index contributed by atoms with van der Waals surface area (Å²) in [5.74, 6) is -0.982. The van der Waals surface area contributed by atoms with E-state index in [4.69, 9.17) is 11.0 Å². The zero-order chi connectivity index (χ0) is 15.2. The van der Waals surface area contributed by atoms with E-state index in [0.717, 1.165) is 11.1 Å². The van der Waals surface area contributed by atoms with Crippen LogP contribution in [-0.2, 0) is 13.1 Å². The highest BCUT2D eigenvalue weighted by atomic mass is 19.1. The first-order chi connectivity index (χ1) is 10.1. The molecule has 1 amide bonds. The fraction of sp³-hybridized carbons (Fsp3) is 0.125. The molecule has 4 nitrogen and oxygen atoms in total. The molecule has 0 spiro atoms. The van der Waals surface area contributed by atoms with Gasteiger partial charge in [0.1, 0.15) is 11.9 Å². The van der Waals surface area contributed by atoms with E-state index in [1.54, 1.807) is 24.3 Å².